The summed E-state index contributed by atoms with van der Waals surface area (Å²) >= 11 is 10.7. The number of nitrogens with one attached hydrogen (secondary N) is 2. The zero-order valence-electron chi connectivity index (χ0n) is 32.4. The van der Waals surface area contributed by atoms with Crippen LogP contribution in [0.15, 0.2) is 170 Å². The summed E-state index contributed by atoms with van der Waals surface area (Å²) in [6.45, 7) is 0. The van der Waals surface area contributed by atoms with Gasteiger partial charge in [0.25, 0.3) is 22.3 Å². The van der Waals surface area contributed by atoms with Gasteiger partial charge in [-0.2, -0.15) is 0 Å². The third-order valence-corrected chi connectivity index (χ3v) is 9.32. The molecule has 0 aliphatic rings. The van der Waals surface area contributed by atoms with Gasteiger partial charge in [0, 0.05) is 56.0 Å². The van der Waals surface area contributed by atoms with Gasteiger partial charge in [0.1, 0.15) is 0 Å². The Morgan fingerprint density at radius 3 is 0.871 bits per heavy atom. The van der Waals surface area contributed by atoms with Crippen molar-refractivity contribution in [3.63, 3.8) is 0 Å². The Hall–Kier alpha value is -8.12. The van der Waals surface area contributed by atoms with E-state index in [1.807, 2.05) is 36.4 Å². The Morgan fingerprint density at radius 2 is 0.629 bits per heavy atom. The number of amides is 2. The van der Waals surface area contributed by atoms with Gasteiger partial charge in [-0.25, -0.2) is 0 Å². The number of carbonyl (C=O) groups excluding carboxylic acids is 4. The van der Waals surface area contributed by atoms with Crippen LogP contribution in [-0.4, -0.2) is 22.3 Å². The first-order valence-electron chi connectivity index (χ1n) is 18.3. The van der Waals surface area contributed by atoms with Gasteiger partial charge in [-0.15, -0.1) is 19.3 Å². The second-order valence-corrected chi connectivity index (χ2v) is 13.7. The molecule has 0 aromatic heterocycles. The van der Waals surface area contributed by atoms with Gasteiger partial charge < -0.3 is 16.4 Å². The molecule has 7 aromatic carbocycles. The minimum absolute atomic E-state index is 0. The molecule has 0 radical (unpaired) electrons. The topological polar surface area (TPSA) is 118 Å². The number of carbonyl (C=O) groups is 4. The van der Waals surface area contributed by atoms with Crippen LogP contribution in [0.3, 0.4) is 0 Å². The summed E-state index contributed by atoms with van der Waals surface area (Å²) in [6.07, 6.45) is 15.8. The maximum atomic E-state index is 12.5. The Bertz CT molecular complexity index is 2590. The summed E-state index contributed by atoms with van der Waals surface area (Å²) in [6, 6.07) is 49.8. The number of hydrogen-bond acceptors (Lipinski definition) is 5. The molecule has 7 aromatic rings. The SMILES string of the molecule is C.C#Cc1ccc(N)cc1.C#Cc1ccc(NC(=O)c2ccc(-c3ccc(C(=O)Nc4ccc(C#C)cc4)cc3)cc2)cc1.O=C(Cl)c1ccc(-c2ccc(C(=O)Cl)cc2)cc1. The van der Waals surface area contributed by atoms with Crippen molar-refractivity contribution in [2.75, 3.05) is 16.4 Å². The second kappa shape index (κ2) is 22.9. The van der Waals surface area contributed by atoms with Crippen LogP contribution in [0.1, 0.15) is 65.5 Å². The molecule has 7 nitrogen and oxygen atoms in total. The molecule has 0 atom stereocenters. The molecule has 9 heteroatoms. The van der Waals surface area contributed by atoms with Gasteiger partial charge in [0.15, 0.2) is 0 Å². The van der Waals surface area contributed by atoms with Gasteiger partial charge in [-0.05, 0) is 167 Å². The maximum absolute atomic E-state index is 12.5. The van der Waals surface area contributed by atoms with Crippen molar-refractivity contribution < 1.29 is 19.2 Å². The first-order chi connectivity index (χ1) is 29.5. The van der Waals surface area contributed by atoms with Gasteiger partial charge >= 0.3 is 0 Å². The van der Waals surface area contributed by atoms with Crippen LogP contribution in [0.4, 0.5) is 17.1 Å². The lowest BCUT2D eigenvalue weighted by molar-refractivity contribution is 0.101. The number of nitrogen functional groups attached to an aromatic ring is 1. The number of anilines is 3. The minimum Gasteiger partial charge on any atom is -0.399 e. The summed E-state index contributed by atoms with van der Waals surface area (Å²) in [7, 11) is 0. The van der Waals surface area contributed by atoms with Crippen molar-refractivity contribution in [1.82, 2.24) is 0 Å². The Kier molecular flexibility index (Phi) is 17.2. The average Bonchev–Trinajstić information content (AvgIpc) is 3.30. The number of halogens is 2. The predicted octanol–water partition coefficient (Wildman–Crippen LogP) is 11.8. The lowest BCUT2D eigenvalue weighted by Crippen LogP contribution is -2.12. The molecule has 4 N–H and O–H groups in total. The van der Waals surface area contributed by atoms with Crippen LogP contribution in [0.5, 0.6) is 0 Å². The van der Waals surface area contributed by atoms with E-state index in [9.17, 15) is 19.2 Å². The molecule has 0 fully saturated rings. The highest BCUT2D eigenvalue weighted by atomic mass is 35.5. The molecule has 0 saturated carbocycles. The lowest BCUT2D eigenvalue weighted by atomic mass is 10.0. The van der Waals surface area contributed by atoms with Crippen LogP contribution >= 0.6 is 23.2 Å². The number of terminal acetylenes is 3. The van der Waals surface area contributed by atoms with E-state index in [1.165, 1.54) is 0 Å². The fourth-order valence-electron chi connectivity index (χ4n) is 5.50. The number of rotatable bonds is 8. The summed E-state index contributed by atoms with van der Waals surface area (Å²) in [5.74, 6) is 7.17. The van der Waals surface area contributed by atoms with Crippen LogP contribution < -0.4 is 16.4 Å². The van der Waals surface area contributed by atoms with Crippen LogP contribution in [-0.2, 0) is 0 Å². The van der Waals surface area contributed by atoms with Gasteiger partial charge in [-0.3, -0.25) is 19.2 Å². The van der Waals surface area contributed by atoms with E-state index in [-0.39, 0.29) is 19.2 Å². The summed E-state index contributed by atoms with van der Waals surface area (Å²) < 4.78 is 0. The Labute approximate surface area is 371 Å². The molecule has 0 aliphatic carbocycles. The second-order valence-electron chi connectivity index (χ2n) is 13.0. The van der Waals surface area contributed by atoms with Crippen molar-refractivity contribution in [1.29, 1.82) is 0 Å². The highest BCUT2D eigenvalue weighted by Gasteiger charge is 2.10. The van der Waals surface area contributed by atoms with Crippen molar-refractivity contribution in [3.8, 4) is 59.3 Å². The van der Waals surface area contributed by atoms with E-state index >= 15 is 0 Å². The highest BCUT2D eigenvalue weighted by Crippen LogP contribution is 2.23. The molecule has 0 spiro atoms. The molecular formula is C53H39Cl2N3O4. The number of nitrogens with two attached hydrogens (primary N) is 1. The quantitative estimate of drug-likeness (QED) is 0.0799. The summed E-state index contributed by atoms with van der Waals surface area (Å²) in [5.41, 5.74) is 15.6. The van der Waals surface area contributed by atoms with E-state index in [4.69, 9.17) is 48.2 Å². The maximum Gasteiger partial charge on any atom is 0.255 e. The van der Waals surface area contributed by atoms with E-state index in [2.05, 4.69) is 28.4 Å². The monoisotopic (exact) mass is 851 g/mol. The lowest BCUT2D eigenvalue weighted by Gasteiger charge is -2.08. The zero-order chi connectivity index (χ0) is 43.7. The fourth-order valence-corrected chi connectivity index (χ4v) is 5.75. The largest absolute Gasteiger partial charge is 0.399 e. The van der Waals surface area contributed by atoms with Gasteiger partial charge in [-0.1, -0.05) is 73.7 Å². The fraction of sp³-hybridized carbons (Fsp3) is 0.0189. The van der Waals surface area contributed by atoms with Gasteiger partial charge in [0.05, 0.1) is 0 Å². The van der Waals surface area contributed by atoms with E-state index < -0.39 is 10.5 Å². The third kappa shape index (κ3) is 13.5. The molecule has 304 valence electrons. The molecule has 62 heavy (non-hydrogen) atoms. The van der Waals surface area contributed by atoms with Crippen molar-refractivity contribution in [2.45, 2.75) is 7.43 Å². The third-order valence-electron chi connectivity index (χ3n) is 8.88. The molecule has 2 amide bonds. The zero-order valence-corrected chi connectivity index (χ0v) is 33.9. The smallest absolute Gasteiger partial charge is 0.255 e. The van der Waals surface area contributed by atoms with Crippen LogP contribution in [0.2, 0.25) is 0 Å². The molecule has 0 saturated heterocycles. The van der Waals surface area contributed by atoms with Crippen molar-refractivity contribution in [2.24, 2.45) is 0 Å². The van der Waals surface area contributed by atoms with Crippen molar-refractivity contribution >= 4 is 62.6 Å². The molecule has 7 rings (SSSR count). The molecule has 0 heterocycles. The number of hydrogen-bond donors (Lipinski definition) is 3. The van der Waals surface area contributed by atoms with E-state index in [0.717, 1.165) is 44.6 Å². The first-order valence-corrected chi connectivity index (χ1v) is 19.1. The standard InChI is InChI=1S/C30H20N2O2.C14H8Cl2O2.C8H7N.CH4/c1-3-21-5-17-27(18-6-21)31-29(33)25-13-9-23(10-14-25)24-11-15-26(16-12-24)30(34)32-28-19-7-22(4-2)8-20-28;15-13(17)11-5-1-9(2-6-11)10-3-7-12(8-4-10)14(16)18;1-2-7-3-5-8(9)6-4-7;/h1-2,5-20H,(H,31,33)(H,32,34);1-8H;1,3-6H,9H2;1H4. The molecule has 0 unspecified atom stereocenters. The first kappa shape index (κ1) is 46.6. The highest BCUT2D eigenvalue weighted by molar-refractivity contribution is 6.68. The van der Waals surface area contributed by atoms with Crippen LogP contribution in [0, 0.1) is 37.0 Å². The molecule has 0 bridgehead atoms. The van der Waals surface area contributed by atoms with Crippen LogP contribution in [0.25, 0.3) is 22.3 Å². The van der Waals surface area contributed by atoms with Gasteiger partial charge in [0.2, 0.25) is 0 Å². The van der Waals surface area contributed by atoms with E-state index in [0.29, 0.717) is 33.6 Å². The molecular weight excluding hydrogens is 814 g/mol. The Balaban J connectivity index is 0.000000250. The normalized spacial score (nSPS) is 9.60. The molecule has 0 aliphatic heterocycles. The van der Waals surface area contributed by atoms with Crippen molar-refractivity contribution in [3.05, 3.63) is 209 Å². The Morgan fingerprint density at radius 1 is 0.387 bits per heavy atom. The van der Waals surface area contributed by atoms with E-state index in [1.54, 1.807) is 133 Å². The predicted molar refractivity (Wildman–Crippen MR) is 254 cm³/mol. The average molecular weight is 853 g/mol. The summed E-state index contributed by atoms with van der Waals surface area (Å²) in [4.78, 5) is 46.9. The summed E-state index contributed by atoms with van der Waals surface area (Å²) in [5, 5.41) is 4.74. The number of benzene rings is 7. The minimum atomic E-state index is -0.482.